The fraction of sp³-hybridized carbons (Fsp3) is 0.136. The molecule has 3 aromatic rings. The molecule has 5 nitrogen and oxygen atoms in total. The van der Waals surface area contributed by atoms with Gasteiger partial charge in [-0.2, -0.15) is 0 Å². The van der Waals surface area contributed by atoms with E-state index in [1.54, 1.807) is 24.3 Å². The number of carbonyl (C=O) groups is 1. The number of para-hydroxylation sites is 1. The topological polar surface area (TPSA) is 69.7 Å². The summed E-state index contributed by atoms with van der Waals surface area (Å²) in [5.74, 6) is 0.408. The zero-order valence-electron chi connectivity index (χ0n) is 15.5. The van der Waals surface area contributed by atoms with Crippen molar-refractivity contribution in [1.82, 2.24) is 0 Å². The average molecular weight is 431 g/mol. The van der Waals surface area contributed by atoms with Gasteiger partial charge in [-0.1, -0.05) is 41.9 Å². The van der Waals surface area contributed by atoms with Crippen LogP contribution in [-0.4, -0.2) is 20.1 Å². The van der Waals surface area contributed by atoms with E-state index in [1.165, 1.54) is 24.3 Å². The Morgan fingerprint density at radius 2 is 1.55 bits per heavy atom. The molecule has 0 heterocycles. The summed E-state index contributed by atoms with van der Waals surface area (Å²) in [4.78, 5) is 12.1. The SMILES string of the molecule is O=C(CCS(=O)(=O)c1ccc(Cl)cc1)OCc1cccc(Oc2ccccc2)c1. The molecule has 0 saturated carbocycles. The quantitative estimate of drug-likeness (QED) is 0.468. The highest BCUT2D eigenvalue weighted by Gasteiger charge is 2.17. The number of benzene rings is 3. The number of carbonyl (C=O) groups excluding carboxylic acids is 1. The first-order chi connectivity index (χ1) is 13.9. The van der Waals surface area contributed by atoms with E-state index in [-0.39, 0.29) is 23.7 Å². The molecular formula is C22H19ClO5S. The molecule has 0 aliphatic heterocycles. The minimum Gasteiger partial charge on any atom is -0.461 e. The highest BCUT2D eigenvalue weighted by atomic mass is 35.5. The predicted octanol–water partition coefficient (Wildman–Crippen LogP) is 5.04. The molecule has 29 heavy (non-hydrogen) atoms. The van der Waals surface area contributed by atoms with Crippen LogP contribution in [0.5, 0.6) is 11.5 Å². The average Bonchev–Trinajstić information content (AvgIpc) is 2.72. The zero-order chi connectivity index (χ0) is 20.7. The van der Waals surface area contributed by atoms with Gasteiger partial charge < -0.3 is 9.47 Å². The Labute approximate surface area is 174 Å². The van der Waals surface area contributed by atoms with Gasteiger partial charge in [-0.05, 0) is 54.1 Å². The van der Waals surface area contributed by atoms with Crippen molar-refractivity contribution in [3.8, 4) is 11.5 Å². The Bertz CT molecular complexity index is 1060. The molecule has 0 aliphatic rings. The zero-order valence-corrected chi connectivity index (χ0v) is 17.0. The van der Waals surface area contributed by atoms with Crippen LogP contribution in [0.4, 0.5) is 0 Å². The van der Waals surface area contributed by atoms with Crippen LogP contribution < -0.4 is 4.74 Å². The van der Waals surface area contributed by atoms with Gasteiger partial charge in [0.1, 0.15) is 18.1 Å². The number of hydrogen-bond donors (Lipinski definition) is 0. The summed E-state index contributed by atoms with van der Waals surface area (Å²) in [5, 5.41) is 0.446. The van der Waals surface area contributed by atoms with Crippen molar-refractivity contribution in [2.75, 3.05) is 5.75 Å². The first-order valence-electron chi connectivity index (χ1n) is 8.88. The second-order valence-corrected chi connectivity index (χ2v) is 8.79. The molecule has 0 bridgehead atoms. The summed E-state index contributed by atoms with van der Waals surface area (Å²) < 4.78 is 35.5. The first kappa shape index (κ1) is 20.9. The van der Waals surface area contributed by atoms with E-state index in [1.807, 2.05) is 30.3 Å². The van der Waals surface area contributed by atoms with E-state index in [9.17, 15) is 13.2 Å². The van der Waals surface area contributed by atoms with Gasteiger partial charge in [0.05, 0.1) is 17.1 Å². The largest absolute Gasteiger partial charge is 0.461 e. The molecule has 0 unspecified atom stereocenters. The van der Waals surface area contributed by atoms with Crippen molar-refractivity contribution in [1.29, 1.82) is 0 Å². The van der Waals surface area contributed by atoms with Gasteiger partial charge in [0.25, 0.3) is 0 Å². The van der Waals surface area contributed by atoms with Crippen LogP contribution in [0.15, 0.2) is 83.8 Å². The number of hydrogen-bond acceptors (Lipinski definition) is 5. The van der Waals surface area contributed by atoms with Crippen LogP contribution in [0.25, 0.3) is 0 Å². The fourth-order valence-corrected chi connectivity index (χ4v) is 3.88. The number of rotatable bonds is 8. The van der Waals surface area contributed by atoms with Crippen molar-refractivity contribution in [2.45, 2.75) is 17.9 Å². The van der Waals surface area contributed by atoms with Crippen molar-refractivity contribution in [3.05, 3.63) is 89.4 Å². The molecule has 0 aliphatic carbocycles. The molecular weight excluding hydrogens is 412 g/mol. The van der Waals surface area contributed by atoms with Gasteiger partial charge >= 0.3 is 5.97 Å². The monoisotopic (exact) mass is 430 g/mol. The Hall–Kier alpha value is -2.83. The van der Waals surface area contributed by atoms with Gasteiger partial charge in [0.15, 0.2) is 9.84 Å². The van der Waals surface area contributed by atoms with Crippen molar-refractivity contribution >= 4 is 27.4 Å². The first-order valence-corrected chi connectivity index (χ1v) is 10.9. The summed E-state index contributed by atoms with van der Waals surface area (Å²) in [5.41, 5.74) is 0.743. The Morgan fingerprint density at radius 1 is 0.862 bits per heavy atom. The maximum absolute atomic E-state index is 12.3. The summed E-state index contributed by atoms with van der Waals surface area (Å²) in [6, 6.07) is 22.3. The van der Waals surface area contributed by atoms with Crippen molar-refractivity contribution in [3.63, 3.8) is 0 Å². The third-order valence-corrected chi connectivity index (χ3v) is 6.01. The van der Waals surface area contributed by atoms with Crippen LogP contribution in [0.1, 0.15) is 12.0 Å². The molecule has 0 atom stereocenters. The lowest BCUT2D eigenvalue weighted by Gasteiger charge is -2.09. The lowest BCUT2D eigenvalue weighted by molar-refractivity contribution is -0.144. The van der Waals surface area contributed by atoms with E-state index in [0.29, 0.717) is 16.5 Å². The maximum Gasteiger partial charge on any atom is 0.307 e. The lowest BCUT2D eigenvalue weighted by Crippen LogP contribution is -2.13. The highest BCUT2D eigenvalue weighted by Crippen LogP contribution is 2.22. The predicted molar refractivity (Wildman–Crippen MR) is 111 cm³/mol. The molecule has 0 aromatic heterocycles. The molecule has 0 radical (unpaired) electrons. The molecule has 3 rings (SSSR count). The Morgan fingerprint density at radius 3 is 2.28 bits per heavy atom. The van der Waals surface area contributed by atoms with Crippen molar-refractivity contribution < 1.29 is 22.7 Å². The Kier molecular flexibility index (Phi) is 6.90. The van der Waals surface area contributed by atoms with E-state index in [4.69, 9.17) is 21.1 Å². The van der Waals surface area contributed by atoms with Gasteiger partial charge in [0, 0.05) is 5.02 Å². The van der Waals surface area contributed by atoms with Gasteiger partial charge in [0.2, 0.25) is 0 Å². The van der Waals surface area contributed by atoms with Crippen molar-refractivity contribution in [2.24, 2.45) is 0 Å². The normalized spacial score (nSPS) is 11.1. The van der Waals surface area contributed by atoms with Gasteiger partial charge in [-0.15, -0.1) is 0 Å². The molecule has 0 amide bonds. The Balaban J connectivity index is 1.51. The maximum atomic E-state index is 12.3. The highest BCUT2D eigenvalue weighted by molar-refractivity contribution is 7.91. The molecule has 0 fully saturated rings. The fourth-order valence-electron chi connectivity index (χ4n) is 2.54. The minimum absolute atomic E-state index is 0.0335. The van der Waals surface area contributed by atoms with Crippen LogP contribution in [0.2, 0.25) is 5.02 Å². The number of esters is 1. The number of halogens is 1. The van der Waals surface area contributed by atoms with Crippen LogP contribution >= 0.6 is 11.6 Å². The summed E-state index contributed by atoms with van der Waals surface area (Å²) in [7, 11) is -3.58. The van der Waals surface area contributed by atoms with Crippen LogP contribution in [0.3, 0.4) is 0 Å². The van der Waals surface area contributed by atoms with Gasteiger partial charge in [-0.3, -0.25) is 4.79 Å². The summed E-state index contributed by atoms with van der Waals surface area (Å²) in [6.07, 6.45) is -0.231. The second kappa shape index (κ2) is 9.58. The van der Waals surface area contributed by atoms with Gasteiger partial charge in [-0.25, -0.2) is 8.42 Å². The standard InChI is InChI=1S/C22H19ClO5S/c23-18-9-11-21(12-10-18)29(25,26)14-13-22(24)27-16-17-5-4-8-20(15-17)28-19-6-2-1-3-7-19/h1-12,15H,13-14,16H2. The molecule has 0 N–H and O–H groups in total. The molecule has 150 valence electrons. The third-order valence-electron chi connectivity index (χ3n) is 4.02. The van der Waals surface area contributed by atoms with E-state index >= 15 is 0 Å². The third kappa shape index (κ3) is 6.34. The molecule has 3 aromatic carbocycles. The lowest BCUT2D eigenvalue weighted by atomic mass is 10.2. The molecule has 0 saturated heterocycles. The number of sulfone groups is 1. The van der Waals surface area contributed by atoms with Crippen LogP contribution in [-0.2, 0) is 26.0 Å². The number of ether oxygens (including phenoxy) is 2. The van der Waals surface area contributed by atoms with Crippen LogP contribution in [0, 0.1) is 0 Å². The smallest absolute Gasteiger partial charge is 0.307 e. The van der Waals surface area contributed by atoms with E-state index in [0.717, 1.165) is 5.56 Å². The van der Waals surface area contributed by atoms with E-state index < -0.39 is 15.8 Å². The summed E-state index contributed by atoms with van der Waals surface area (Å²) in [6.45, 7) is 0.0335. The minimum atomic E-state index is -3.58. The summed E-state index contributed by atoms with van der Waals surface area (Å²) >= 11 is 5.77. The van der Waals surface area contributed by atoms with E-state index in [2.05, 4.69) is 0 Å². The second-order valence-electron chi connectivity index (χ2n) is 6.25. The molecule has 0 spiro atoms. The molecule has 7 heteroatoms.